The van der Waals surface area contributed by atoms with Crippen LogP contribution in [-0.2, 0) is 4.79 Å². The monoisotopic (exact) mass is 324 g/mol. The normalized spacial score (nSPS) is 36.2. The molecule has 0 aromatic carbocycles. The number of carbonyl (C=O) groups is 1. The molecule has 0 spiro atoms. The van der Waals surface area contributed by atoms with Gasteiger partial charge < -0.3 is 9.90 Å². The molecule has 2 rings (SSSR count). The number of carbonyl (C=O) groups excluding carboxylic acids is 1. The van der Waals surface area contributed by atoms with Crippen molar-refractivity contribution in [2.45, 2.75) is 59.3 Å². The van der Waals surface area contributed by atoms with Gasteiger partial charge in [0.2, 0.25) is 0 Å². The van der Waals surface area contributed by atoms with E-state index in [9.17, 15) is 9.90 Å². The van der Waals surface area contributed by atoms with Gasteiger partial charge in [0.25, 0.3) is 0 Å². The summed E-state index contributed by atoms with van der Waals surface area (Å²) in [5, 5.41) is 11.0. The van der Waals surface area contributed by atoms with Gasteiger partial charge in [0.15, 0.2) is 0 Å². The molecule has 0 heterocycles. The van der Waals surface area contributed by atoms with Crippen LogP contribution < -0.4 is 34.7 Å². The molecule has 0 bridgehead atoms. The minimum Gasteiger partial charge on any atom is -0.550 e. The van der Waals surface area contributed by atoms with E-state index in [2.05, 4.69) is 46.1 Å². The third-order valence-electron chi connectivity index (χ3n) is 6.22. The van der Waals surface area contributed by atoms with Gasteiger partial charge in [-0.3, -0.25) is 0 Å². The zero-order valence-electron chi connectivity index (χ0n) is 15.3. The molecule has 1 saturated carbocycles. The SMILES string of the molecule is C=C[C@@]1(C)CCC2C(=CC[C@@H](C(=C)C)[C@]2(C)CCC(=O)[O-])C1.[Na+]. The second-order valence-electron chi connectivity index (χ2n) is 7.92. The summed E-state index contributed by atoms with van der Waals surface area (Å²) >= 11 is 0. The van der Waals surface area contributed by atoms with E-state index < -0.39 is 5.97 Å². The first-order valence-corrected chi connectivity index (χ1v) is 8.39. The zero-order valence-corrected chi connectivity index (χ0v) is 17.3. The Balaban J connectivity index is 0.00000264. The Kier molecular flexibility index (Phi) is 6.96. The summed E-state index contributed by atoms with van der Waals surface area (Å²) in [5.41, 5.74) is 2.85. The zero-order chi connectivity index (χ0) is 16.5. The van der Waals surface area contributed by atoms with Gasteiger partial charge in [-0.05, 0) is 68.1 Å². The Bertz CT molecular complexity index is 522. The van der Waals surface area contributed by atoms with Crippen LogP contribution in [0.2, 0.25) is 0 Å². The quantitative estimate of drug-likeness (QED) is 0.560. The molecule has 0 aliphatic heterocycles. The molecule has 2 aliphatic carbocycles. The van der Waals surface area contributed by atoms with Crippen LogP contribution >= 0.6 is 0 Å². The van der Waals surface area contributed by atoms with Crippen molar-refractivity contribution in [3.8, 4) is 0 Å². The van der Waals surface area contributed by atoms with Crippen molar-refractivity contribution in [1.29, 1.82) is 0 Å². The molecule has 0 saturated heterocycles. The number of allylic oxidation sites excluding steroid dienone is 4. The predicted molar refractivity (Wildman–Crippen MR) is 89.0 cm³/mol. The molecule has 2 nitrogen and oxygen atoms in total. The van der Waals surface area contributed by atoms with E-state index in [1.165, 1.54) is 11.1 Å². The first kappa shape index (κ1) is 20.7. The largest absolute Gasteiger partial charge is 1.00 e. The molecule has 0 N–H and O–H groups in total. The summed E-state index contributed by atoms with van der Waals surface area (Å²) < 4.78 is 0. The fraction of sp³-hybridized carbons (Fsp3) is 0.650. The summed E-state index contributed by atoms with van der Waals surface area (Å²) in [5.74, 6) is -0.103. The molecule has 0 aromatic heterocycles. The van der Waals surface area contributed by atoms with E-state index in [4.69, 9.17) is 0 Å². The van der Waals surface area contributed by atoms with E-state index in [1.54, 1.807) is 0 Å². The molecule has 122 valence electrons. The summed E-state index contributed by atoms with van der Waals surface area (Å²) in [6.07, 6.45) is 9.59. The Morgan fingerprint density at radius 2 is 2.13 bits per heavy atom. The number of carboxylic acids is 1. The second-order valence-corrected chi connectivity index (χ2v) is 7.92. The molecule has 23 heavy (non-hydrogen) atoms. The molecule has 3 heteroatoms. The van der Waals surface area contributed by atoms with Gasteiger partial charge in [-0.1, -0.05) is 43.7 Å². The minimum absolute atomic E-state index is 0. The van der Waals surface area contributed by atoms with Crippen LogP contribution in [-0.4, -0.2) is 5.97 Å². The van der Waals surface area contributed by atoms with Gasteiger partial charge in [-0.25, -0.2) is 0 Å². The van der Waals surface area contributed by atoms with Crippen molar-refractivity contribution in [3.63, 3.8) is 0 Å². The smallest absolute Gasteiger partial charge is 0.550 e. The van der Waals surface area contributed by atoms with Gasteiger partial charge >= 0.3 is 29.6 Å². The van der Waals surface area contributed by atoms with Crippen molar-refractivity contribution >= 4 is 5.97 Å². The first-order chi connectivity index (χ1) is 10.2. The van der Waals surface area contributed by atoms with Gasteiger partial charge in [-0.15, -0.1) is 6.58 Å². The second kappa shape index (κ2) is 7.72. The minimum atomic E-state index is -0.940. The maximum atomic E-state index is 11.0. The van der Waals surface area contributed by atoms with Crippen LogP contribution in [0, 0.1) is 22.7 Å². The summed E-state index contributed by atoms with van der Waals surface area (Å²) in [7, 11) is 0. The molecule has 0 amide bonds. The third kappa shape index (κ3) is 4.21. The van der Waals surface area contributed by atoms with Crippen LogP contribution in [0.25, 0.3) is 0 Å². The summed E-state index contributed by atoms with van der Waals surface area (Å²) in [6.45, 7) is 14.8. The fourth-order valence-corrected chi connectivity index (χ4v) is 4.74. The number of rotatable bonds is 5. The first-order valence-electron chi connectivity index (χ1n) is 8.39. The van der Waals surface area contributed by atoms with Crippen molar-refractivity contribution in [2.24, 2.45) is 22.7 Å². The Hall–Kier alpha value is -0.310. The molecular weight excluding hydrogens is 295 g/mol. The number of hydrogen-bond donors (Lipinski definition) is 0. The maximum absolute atomic E-state index is 11.0. The molecule has 1 fully saturated rings. The van der Waals surface area contributed by atoms with Gasteiger partial charge in [0, 0.05) is 5.97 Å². The maximum Gasteiger partial charge on any atom is 1.00 e. The molecular formula is C20H29NaO2. The van der Waals surface area contributed by atoms with Crippen LogP contribution in [0.5, 0.6) is 0 Å². The third-order valence-corrected chi connectivity index (χ3v) is 6.22. The Labute approximate surface area is 163 Å². The Morgan fingerprint density at radius 1 is 1.48 bits per heavy atom. The summed E-state index contributed by atoms with van der Waals surface area (Å²) in [4.78, 5) is 11.0. The fourth-order valence-electron chi connectivity index (χ4n) is 4.74. The molecule has 1 unspecified atom stereocenters. The molecule has 0 aromatic rings. The van der Waals surface area contributed by atoms with E-state index in [-0.39, 0.29) is 46.8 Å². The Morgan fingerprint density at radius 3 is 2.65 bits per heavy atom. The van der Waals surface area contributed by atoms with Crippen LogP contribution in [0.15, 0.2) is 36.5 Å². The number of hydrogen-bond acceptors (Lipinski definition) is 2. The van der Waals surface area contributed by atoms with Gasteiger partial charge in [-0.2, -0.15) is 0 Å². The van der Waals surface area contributed by atoms with Crippen LogP contribution in [0.3, 0.4) is 0 Å². The average molecular weight is 324 g/mol. The molecule has 0 radical (unpaired) electrons. The predicted octanol–water partition coefficient (Wildman–Crippen LogP) is 1.04. The van der Waals surface area contributed by atoms with Crippen LogP contribution in [0.1, 0.15) is 59.3 Å². The standard InChI is InChI=1S/C20H30O2.Na/c1-6-19(4)11-9-17-15(13-19)7-8-16(14(2)3)20(17,5)12-10-18(21)22;/h6-7,16-17H,1-2,8-13H2,3-5H3,(H,21,22);/q;+1/p-1/t16-,17?,19-,20-;/m0./s1. The van der Waals surface area contributed by atoms with Crippen molar-refractivity contribution in [1.82, 2.24) is 0 Å². The summed E-state index contributed by atoms with van der Waals surface area (Å²) in [6, 6.07) is 0. The van der Waals surface area contributed by atoms with E-state index in [0.29, 0.717) is 18.3 Å². The van der Waals surface area contributed by atoms with Gasteiger partial charge in [0.05, 0.1) is 0 Å². The van der Waals surface area contributed by atoms with Crippen molar-refractivity contribution in [3.05, 3.63) is 36.5 Å². The van der Waals surface area contributed by atoms with Crippen molar-refractivity contribution < 1.29 is 39.5 Å². The van der Waals surface area contributed by atoms with E-state index in [0.717, 1.165) is 25.7 Å². The number of fused-ring (bicyclic) bond motifs is 1. The topological polar surface area (TPSA) is 40.1 Å². The molecule has 4 atom stereocenters. The van der Waals surface area contributed by atoms with E-state index >= 15 is 0 Å². The van der Waals surface area contributed by atoms with Gasteiger partial charge in [0.1, 0.15) is 0 Å². The van der Waals surface area contributed by atoms with Crippen LogP contribution in [0.4, 0.5) is 0 Å². The average Bonchev–Trinajstić information content (AvgIpc) is 2.45. The molecule has 2 aliphatic rings. The van der Waals surface area contributed by atoms with E-state index in [1.807, 2.05) is 0 Å². The number of aliphatic carboxylic acids is 1. The van der Waals surface area contributed by atoms with Crippen molar-refractivity contribution in [2.75, 3.05) is 0 Å². The number of carboxylic acid groups (broad SMARTS) is 1.